The van der Waals surface area contributed by atoms with Crippen LogP contribution in [-0.2, 0) is 10.2 Å². The minimum Gasteiger partial charge on any atom is -0.395 e. The maximum atomic E-state index is 12.6. The number of piperidine rings is 1. The van der Waals surface area contributed by atoms with Crippen molar-refractivity contribution in [3.63, 3.8) is 0 Å². The van der Waals surface area contributed by atoms with E-state index in [1.165, 1.54) is 4.31 Å². The van der Waals surface area contributed by atoms with Gasteiger partial charge < -0.3 is 5.11 Å². The molecule has 3 unspecified atom stereocenters. The van der Waals surface area contributed by atoms with Crippen LogP contribution in [-0.4, -0.2) is 54.4 Å². The minimum absolute atomic E-state index is 0.0713. The van der Waals surface area contributed by atoms with E-state index in [0.29, 0.717) is 31.5 Å². The van der Waals surface area contributed by atoms with Crippen molar-refractivity contribution < 1.29 is 13.5 Å². The summed E-state index contributed by atoms with van der Waals surface area (Å²) in [7, 11) is -3.38. The molecular formula is C12H24N2O3S. The third-order valence-corrected chi connectivity index (χ3v) is 6.39. The van der Waals surface area contributed by atoms with Gasteiger partial charge in [0.15, 0.2) is 0 Å². The molecule has 6 heteroatoms. The Hall–Kier alpha value is -0.170. The van der Waals surface area contributed by atoms with Crippen LogP contribution in [0.1, 0.15) is 33.1 Å². The van der Waals surface area contributed by atoms with Crippen molar-refractivity contribution in [2.45, 2.75) is 39.2 Å². The largest absolute Gasteiger partial charge is 0.395 e. The van der Waals surface area contributed by atoms with Gasteiger partial charge in [0.2, 0.25) is 0 Å². The Morgan fingerprint density at radius 2 is 1.78 bits per heavy atom. The van der Waals surface area contributed by atoms with Crippen molar-refractivity contribution in [2.75, 3.05) is 26.2 Å². The van der Waals surface area contributed by atoms with Crippen LogP contribution in [0.5, 0.6) is 0 Å². The number of hydrogen-bond donors (Lipinski definition) is 1. The fourth-order valence-electron chi connectivity index (χ4n) is 2.87. The maximum absolute atomic E-state index is 12.6. The van der Waals surface area contributed by atoms with E-state index in [1.54, 1.807) is 4.31 Å². The van der Waals surface area contributed by atoms with Gasteiger partial charge in [-0.05, 0) is 24.7 Å². The Labute approximate surface area is 110 Å². The average molecular weight is 276 g/mol. The Bertz CT molecular complexity index is 375. The first-order chi connectivity index (χ1) is 8.46. The maximum Gasteiger partial charge on any atom is 0.282 e. The molecule has 3 atom stereocenters. The minimum atomic E-state index is -3.38. The summed E-state index contributed by atoms with van der Waals surface area (Å²) in [5, 5.41) is 9.35. The Morgan fingerprint density at radius 3 is 2.33 bits per heavy atom. The summed E-state index contributed by atoms with van der Waals surface area (Å²) < 4.78 is 28.3. The second-order valence-corrected chi connectivity index (χ2v) is 7.60. The summed E-state index contributed by atoms with van der Waals surface area (Å²) in [4.78, 5) is 0. The SMILES string of the molecule is CC1CN(S(=O)(=O)N2CCCCC2CO)CC1C. The quantitative estimate of drug-likeness (QED) is 0.824. The molecule has 0 bridgehead atoms. The molecule has 0 aromatic rings. The third-order valence-electron chi connectivity index (χ3n) is 4.36. The van der Waals surface area contributed by atoms with Gasteiger partial charge in [0.25, 0.3) is 10.2 Å². The monoisotopic (exact) mass is 276 g/mol. The average Bonchev–Trinajstić information content (AvgIpc) is 2.70. The molecule has 2 fully saturated rings. The molecule has 1 N–H and O–H groups in total. The van der Waals surface area contributed by atoms with Crippen molar-refractivity contribution in [1.82, 2.24) is 8.61 Å². The zero-order chi connectivity index (χ0) is 13.3. The molecule has 2 aliphatic rings. The Morgan fingerprint density at radius 1 is 1.17 bits per heavy atom. The van der Waals surface area contributed by atoms with E-state index >= 15 is 0 Å². The van der Waals surface area contributed by atoms with Crippen LogP contribution in [0.3, 0.4) is 0 Å². The molecule has 0 aromatic heterocycles. The molecule has 0 amide bonds. The molecular weight excluding hydrogens is 252 g/mol. The van der Waals surface area contributed by atoms with Crippen LogP contribution < -0.4 is 0 Å². The second-order valence-electron chi connectivity index (χ2n) is 5.72. The predicted octanol–water partition coefficient (Wildman–Crippen LogP) is 0.666. The van der Waals surface area contributed by atoms with Gasteiger partial charge in [-0.15, -0.1) is 0 Å². The van der Waals surface area contributed by atoms with Gasteiger partial charge >= 0.3 is 0 Å². The van der Waals surface area contributed by atoms with Crippen molar-refractivity contribution in [2.24, 2.45) is 11.8 Å². The van der Waals surface area contributed by atoms with Gasteiger partial charge in [-0.1, -0.05) is 20.3 Å². The molecule has 0 spiro atoms. The van der Waals surface area contributed by atoms with Gasteiger partial charge in [0.1, 0.15) is 0 Å². The van der Waals surface area contributed by atoms with Gasteiger partial charge in [-0.25, -0.2) is 0 Å². The van der Waals surface area contributed by atoms with Gasteiger partial charge in [0.05, 0.1) is 6.61 Å². The summed E-state index contributed by atoms with van der Waals surface area (Å²) in [5.41, 5.74) is 0. The standard InChI is InChI=1S/C12H24N2O3S/c1-10-7-13(8-11(10)2)18(16,17)14-6-4-3-5-12(14)9-15/h10-12,15H,3-9H2,1-2H3. The molecule has 5 nitrogen and oxygen atoms in total. The lowest BCUT2D eigenvalue weighted by Gasteiger charge is -2.36. The highest BCUT2D eigenvalue weighted by Gasteiger charge is 2.40. The number of aliphatic hydroxyl groups excluding tert-OH is 1. The molecule has 2 aliphatic heterocycles. The van der Waals surface area contributed by atoms with Crippen molar-refractivity contribution in [1.29, 1.82) is 0 Å². The Balaban J connectivity index is 2.14. The molecule has 0 aliphatic carbocycles. The van der Waals surface area contributed by atoms with Gasteiger partial charge in [-0.2, -0.15) is 17.0 Å². The van der Waals surface area contributed by atoms with Crippen LogP contribution in [0.4, 0.5) is 0 Å². The fourth-order valence-corrected chi connectivity index (χ4v) is 4.93. The summed E-state index contributed by atoms with van der Waals surface area (Å²) in [6.07, 6.45) is 2.67. The van der Waals surface area contributed by atoms with Crippen LogP contribution >= 0.6 is 0 Å². The molecule has 0 radical (unpaired) electrons. The molecule has 2 rings (SSSR count). The van der Waals surface area contributed by atoms with Crippen LogP contribution in [0.15, 0.2) is 0 Å². The molecule has 0 aromatic carbocycles. The summed E-state index contributed by atoms with van der Waals surface area (Å²) in [6.45, 7) is 5.89. The van der Waals surface area contributed by atoms with E-state index in [9.17, 15) is 13.5 Å². The first kappa shape index (κ1) is 14.2. The Kier molecular flexibility index (Phi) is 4.31. The molecule has 0 saturated carbocycles. The van der Waals surface area contributed by atoms with E-state index in [-0.39, 0.29) is 12.6 Å². The smallest absolute Gasteiger partial charge is 0.282 e. The van der Waals surface area contributed by atoms with E-state index in [2.05, 4.69) is 13.8 Å². The predicted molar refractivity (Wildman–Crippen MR) is 70.3 cm³/mol. The van der Waals surface area contributed by atoms with E-state index < -0.39 is 10.2 Å². The molecule has 106 valence electrons. The normalized spacial score (nSPS) is 36.1. The van der Waals surface area contributed by atoms with Crippen molar-refractivity contribution in [3.05, 3.63) is 0 Å². The summed E-state index contributed by atoms with van der Waals surface area (Å²) >= 11 is 0. The molecule has 18 heavy (non-hydrogen) atoms. The zero-order valence-electron chi connectivity index (χ0n) is 11.2. The van der Waals surface area contributed by atoms with Crippen molar-refractivity contribution in [3.8, 4) is 0 Å². The van der Waals surface area contributed by atoms with Gasteiger partial charge in [0, 0.05) is 25.7 Å². The van der Waals surface area contributed by atoms with Crippen LogP contribution in [0, 0.1) is 11.8 Å². The highest BCUT2D eigenvalue weighted by atomic mass is 32.2. The highest BCUT2D eigenvalue weighted by Crippen LogP contribution is 2.29. The number of nitrogens with zero attached hydrogens (tertiary/aromatic N) is 2. The zero-order valence-corrected chi connectivity index (χ0v) is 12.1. The van der Waals surface area contributed by atoms with Crippen LogP contribution in [0.25, 0.3) is 0 Å². The third kappa shape index (κ3) is 2.57. The van der Waals surface area contributed by atoms with Crippen molar-refractivity contribution >= 4 is 10.2 Å². The lowest BCUT2D eigenvalue weighted by atomic mass is 10.0. The second kappa shape index (κ2) is 5.45. The van der Waals surface area contributed by atoms with E-state index in [1.807, 2.05) is 0 Å². The molecule has 2 saturated heterocycles. The number of aliphatic hydroxyl groups is 1. The van der Waals surface area contributed by atoms with Crippen LogP contribution in [0.2, 0.25) is 0 Å². The van der Waals surface area contributed by atoms with E-state index in [0.717, 1.165) is 19.3 Å². The lowest BCUT2D eigenvalue weighted by Crippen LogP contribution is -2.51. The first-order valence-electron chi connectivity index (χ1n) is 6.84. The highest BCUT2D eigenvalue weighted by molar-refractivity contribution is 7.86. The topological polar surface area (TPSA) is 60.9 Å². The molecule has 2 heterocycles. The summed E-state index contributed by atoms with van der Waals surface area (Å²) in [5.74, 6) is 0.828. The lowest BCUT2D eigenvalue weighted by molar-refractivity contribution is 0.148. The van der Waals surface area contributed by atoms with Gasteiger partial charge in [-0.3, -0.25) is 0 Å². The number of rotatable bonds is 3. The fraction of sp³-hybridized carbons (Fsp3) is 1.00. The number of hydrogen-bond acceptors (Lipinski definition) is 3. The first-order valence-corrected chi connectivity index (χ1v) is 8.24. The summed E-state index contributed by atoms with van der Waals surface area (Å²) in [6, 6.07) is -0.227. The van der Waals surface area contributed by atoms with E-state index in [4.69, 9.17) is 0 Å².